The van der Waals surface area contributed by atoms with Gasteiger partial charge in [-0.2, -0.15) is 0 Å². The minimum Gasteiger partial charge on any atom is -0.495 e. The Morgan fingerprint density at radius 2 is 1.94 bits per heavy atom. The van der Waals surface area contributed by atoms with E-state index in [0.29, 0.717) is 12.3 Å². The zero-order chi connectivity index (χ0) is 12.2. The number of nitrogens with one attached hydrogen (secondary N) is 1. The number of benzene rings is 1. The normalized spacial score (nSPS) is 11.2. The van der Waals surface area contributed by atoms with Gasteiger partial charge in [-0.05, 0) is 18.2 Å². The highest BCUT2D eigenvalue weighted by molar-refractivity contribution is 7.71. The summed E-state index contributed by atoms with van der Waals surface area (Å²) in [4.78, 5) is 0. The molecular formula is C12H20NO2P. The molecule has 0 saturated heterocycles. The van der Waals surface area contributed by atoms with Crippen molar-refractivity contribution in [3.8, 4) is 5.75 Å². The van der Waals surface area contributed by atoms with E-state index in [4.69, 9.17) is 4.74 Å². The van der Waals surface area contributed by atoms with Gasteiger partial charge in [0.25, 0.3) is 0 Å². The van der Waals surface area contributed by atoms with Crippen molar-refractivity contribution in [2.75, 3.05) is 31.8 Å². The zero-order valence-electron chi connectivity index (χ0n) is 10.4. The van der Waals surface area contributed by atoms with E-state index >= 15 is 0 Å². The number of hydrogen-bond donors (Lipinski definition) is 1. The van der Waals surface area contributed by atoms with Crippen molar-refractivity contribution in [1.82, 2.24) is 0 Å². The van der Waals surface area contributed by atoms with Crippen molar-refractivity contribution in [3.05, 3.63) is 18.2 Å². The SMILES string of the molecule is CCP(=O)(CC)c1ccc(NC)c(OC)c1. The third-order valence-electron chi connectivity index (χ3n) is 2.95. The standard InChI is InChI=1S/C12H20NO2P/c1-5-16(14,6-2)10-7-8-11(13-3)12(9-10)15-4/h7-9,13H,5-6H2,1-4H3. The van der Waals surface area contributed by atoms with Crippen molar-refractivity contribution in [1.29, 1.82) is 0 Å². The molecule has 1 aromatic rings. The average molecular weight is 241 g/mol. The van der Waals surface area contributed by atoms with E-state index in [9.17, 15) is 4.57 Å². The van der Waals surface area contributed by atoms with Crippen LogP contribution in [0.5, 0.6) is 5.75 Å². The molecule has 0 unspecified atom stereocenters. The Balaban J connectivity index is 3.22. The first-order valence-corrected chi connectivity index (χ1v) is 7.63. The second kappa shape index (κ2) is 5.40. The van der Waals surface area contributed by atoms with Gasteiger partial charge in [0.1, 0.15) is 12.9 Å². The number of anilines is 1. The molecule has 0 heterocycles. The van der Waals surface area contributed by atoms with Crippen LogP contribution in [-0.4, -0.2) is 26.5 Å². The predicted octanol–water partition coefficient (Wildman–Crippen LogP) is 2.77. The Hall–Kier alpha value is -0.950. The first-order valence-electron chi connectivity index (χ1n) is 5.55. The molecule has 0 aliphatic carbocycles. The molecule has 1 rings (SSSR count). The topological polar surface area (TPSA) is 38.3 Å². The zero-order valence-corrected chi connectivity index (χ0v) is 11.3. The average Bonchev–Trinajstić information content (AvgIpc) is 2.36. The quantitative estimate of drug-likeness (QED) is 0.805. The fourth-order valence-corrected chi connectivity index (χ4v) is 3.60. The molecule has 4 heteroatoms. The second-order valence-corrected chi connectivity index (χ2v) is 7.22. The van der Waals surface area contributed by atoms with Gasteiger partial charge in [0.05, 0.1) is 12.8 Å². The molecule has 0 saturated carbocycles. The molecular weight excluding hydrogens is 221 g/mol. The minimum atomic E-state index is -2.21. The minimum absolute atomic E-state index is 0.700. The van der Waals surface area contributed by atoms with Gasteiger partial charge in [-0.15, -0.1) is 0 Å². The molecule has 0 bridgehead atoms. The fourth-order valence-electron chi connectivity index (χ4n) is 1.73. The molecule has 0 amide bonds. The van der Waals surface area contributed by atoms with Crippen LogP contribution >= 0.6 is 7.14 Å². The Morgan fingerprint density at radius 3 is 2.38 bits per heavy atom. The van der Waals surface area contributed by atoms with Crippen LogP contribution in [0.15, 0.2) is 18.2 Å². The lowest BCUT2D eigenvalue weighted by atomic mass is 10.3. The first-order chi connectivity index (χ1) is 7.61. The smallest absolute Gasteiger partial charge is 0.142 e. The molecule has 90 valence electrons. The molecule has 3 nitrogen and oxygen atoms in total. The van der Waals surface area contributed by atoms with E-state index in [1.54, 1.807) is 7.11 Å². The van der Waals surface area contributed by atoms with E-state index < -0.39 is 7.14 Å². The molecule has 0 aliphatic heterocycles. The van der Waals surface area contributed by atoms with E-state index in [1.807, 2.05) is 39.1 Å². The molecule has 0 radical (unpaired) electrons. The number of ether oxygens (including phenoxy) is 1. The highest BCUT2D eigenvalue weighted by Crippen LogP contribution is 2.44. The number of rotatable bonds is 5. The van der Waals surface area contributed by atoms with Gasteiger partial charge in [-0.1, -0.05) is 13.8 Å². The van der Waals surface area contributed by atoms with Crippen molar-refractivity contribution >= 4 is 18.1 Å². The maximum absolute atomic E-state index is 12.5. The summed E-state index contributed by atoms with van der Waals surface area (Å²) in [6.45, 7) is 3.95. The highest BCUT2D eigenvalue weighted by Gasteiger charge is 2.21. The summed E-state index contributed by atoms with van der Waals surface area (Å²) in [6.07, 6.45) is 1.40. The Kier molecular flexibility index (Phi) is 4.43. The third kappa shape index (κ3) is 2.41. The van der Waals surface area contributed by atoms with Gasteiger partial charge >= 0.3 is 0 Å². The molecule has 0 aromatic heterocycles. The van der Waals surface area contributed by atoms with Gasteiger partial charge in [-0.25, -0.2) is 0 Å². The van der Waals surface area contributed by atoms with Gasteiger partial charge < -0.3 is 14.6 Å². The van der Waals surface area contributed by atoms with Gasteiger partial charge in [0, 0.05) is 24.7 Å². The van der Waals surface area contributed by atoms with Crippen molar-refractivity contribution in [2.45, 2.75) is 13.8 Å². The highest BCUT2D eigenvalue weighted by atomic mass is 31.2. The molecule has 0 atom stereocenters. The Morgan fingerprint density at radius 1 is 1.31 bits per heavy atom. The monoisotopic (exact) mass is 241 g/mol. The van der Waals surface area contributed by atoms with Gasteiger partial charge in [-0.3, -0.25) is 0 Å². The summed E-state index contributed by atoms with van der Waals surface area (Å²) in [6, 6.07) is 5.74. The van der Waals surface area contributed by atoms with Gasteiger partial charge in [0.15, 0.2) is 0 Å². The summed E-state index contributed by atoms with van der Waals surface area (Å²) in [5.74, 6) is 0.752. The molecule has 0 aliphatic rings. The van der Waals surface area contributed by atoms with Crippen LogP contribution in [0.2, 0.25) is 0 Å². The lowest BCUT2D eigenvalue weighted by Gasteiger charge is -2.17. The fraction of sp³-hybridized carbons (Fsp3) is 0.500. The Bertz CT molecular complexity index is 396. The summed E-state index contributed by atoms with van der Waals surface area (Å²) in [7, 11) is 1.26. The molecule has 1 N–H and O–H groups in total. The molecule has 0 spiro atoms. The van der Waals surface area contributed by atoms with Crippen molar-refractivity contribution in [3.63, 3.8) is 0 Å². The largest absolute Gasteiger partial charge is 0.495 e. The van der Waals surface area contributed by atoms with Crippen molar-refractivity contribution < 1.29 is 9.30 Å². The first kappa shape index (κ1) is 13.1. The van der Waals surface area contributed by atoms with Crippen LogP contribution in [-0.2, 0) is 4.57 Å². The van der Waals surface area contributed by atoms with Crippen LogP contribution in [0.1, 0.15) is 13.8 Å². The van der Waals surface area contributed by atoms with Crippen LogP contribution in [0.25, 0.3) is 0 Å². The number of methoxy groups -OCH3 is 1. The van der Waals surface area contributed by atoms with Crippen molar-refractivity contribution in [2.24, 2.45) is 0 Å². The van der Waals surface area contributed by atoms with Crippen LogP contribution < -0.4 is 15.4 Å². The molecule has 16 heavy (non-hydrogen) atoms. The lowest BCUT2D eigenvalue weighted by molar-refractivity contribution is 0.417. The van der Waals surface area contributed by atoms with Gasteiger partial charge in [0.2, 0.25) is 0 Å². The van der Waals surface area contributed by atoms with E-state index in [1.165, 1.54) is 0 Å². The Labute approximate surface area is 97.6 Å². The molecule has 0 fully saturated rings. The van der Waals surface area contributed by atoms with E-state index in [0.717, 1.165) is 16.7 Å². The summed E-state index contributed by atoms with van der Waals surface area (Å²) in [5, 5.41) is 3.96. The summed E-state index contributed by atoms with van der Waals surface area (Å²) in [5.41, 5.74) is 0.921. The summed E-state index contributed by atoms with van der Waals surface area (Å²) >= 11 is 0. The van der Waals surface area contributed by atoms with E-state index in [-0.39, 0.29) is 0 Å². The van der Waals surface area contributed by atoms with Crippen LogP contribution in [0, 0.1) is 0 Å². The number of hydrogen-bond acceptors (Lipinski definition) is 3. The maximum Gasteiger partial charge on any atom is 0.142 e. The summed E-state index contributed by atoms with van der Waals surface area (Å²) < 4.78 is 17.8. The van der Waals surface area contributed by atoms with E-state index in [2.05, 4.69) is 5.32 Å². The second-order valence-electron chi connectivity index (χ2n) is 3.66. The molecule has 1 aromatic carbocycles. The maximum atomic E-state index is 12.5. The predicted molar refractivity (Wildman–Crippen MR) is 70.9 cm³/mol. The lowest BCUT2D eigenvalue weighted by Crippen LogP contribution is -2.10. The third-order valence-corrected chi connectivity index (χ3v) is 6.21. The van der Waals surface area contributed by atoms with Crippen LogP contribution in [0.4, 0.5) is 5.69 Å². The van der Waals surface area contributed by atoms with Crippen LogP contribution in [0.3, 0.4) is 0 Å².